The molecule has 0 bridgehead atoms. The summed E-state index contributed by atoms with van der Waals surface area (Å²) >= 11 is 0. The molecule has 0 aromatic heterocycles. The van der Waals surface area contributed by atoms with Crippen LogP contribution in [0, 0.1) is 5.92 Å². The SMILES string of the molecule is CC(C)C1CN(CCCF)C(C)(C)CN1. The number of halogens is 1. The molecule has 1 aliphatic rings. The fourth-order valence-electron chi connectivity index (χ4n) is 2.13. The number of nitrogens with one attached hydrogen (secondary N) is 1. The minimum absolute atomic E-state index is 0.167. The van der Waals surface area contributed by atoms with E-state index in [4.69, 9.17) is 0 Å². The first-order chi connectivity index (χ1) is 6.97. The summed E-state index contributed by atoms with van der Waals surface area (Å²) in [6.07, 6.45) is 0.661. The molecule has 2 nitrogen and oxygen atoms in total. The van der Waals surface area contributed by atoms with E-state index >= 15 is 0 Å². The third-order valence-electron chi connectivity index (χ3n) is 3.44. The van der Waals surface area contributed by atoms with E-state index in [9.17, 15) is 4.39 Å². The monoisotopic (exact) mass is 216 g/mol. The van der Waals surface area contributed by atoms with Gasteiger partial charge in [-0.25, -0.2) is 0 Å². The van der Waals surface area contributed by atoms with Crippen LogP contribution in [0.5, 0.6) is 0 Å². The van der Waals surface area contributed by atoms with Crippen molar-refractivity contribution in [1.82, 2.24) is 10.2 Å². The lowest BCUT2D eigenvalue weighted by molar-refractivity contribution is 0.0521. The van der Waals surface area contributed by atoms with Crippen molar-refractivity contribution in [2.75, 3.05) is 26.3 Å². The van der Waals surface area contributed by atoms with Crippen molar-refractivity contribution >= 4 is 0 Å². The summed E-state index contributed by atoms with van der Waals surface area (Å²) in [6.45, 7) is 11.7. The van der Waals surface area contributed by atoms with Gasteiger partial charge in [-0.3, -0.25) is 9.29 Å². The van der Waals surface area contributed by atoms with Gasteiger partial charge in [-0.1, -0.05) is 13.8 Å². The van der Waals surface area contributed by atoms with Crippen LogP contribution in [0.25, 0.3) is 0 Å². The molecule has 1 unspecified atom stereocenters. The van der Waals surface area contributed by atoms with Gasteiger partial charge >= 0.3 is 0 Å². The molecule has 1 saturated heterocycles. The fourth-order valence-corrected chi connectivity index (χ4v) is 2.13. The summed E-state index contributed by atoms with van der Waals surface area (Å²) in [5, 5.41) is 3.58. The van der Waals surface area contributed by atoms with Crippen molar-refractivity contribution in [3.63, 3.8) is 0 Å². The first kappa shape index (κ1) is 12.9. The Labute approximate surface area is 93.2 Å². The molecule has 0 aromatic carbocycles. The zero-order chi connectivity index (χ0) is 11.5. The molecule has 3 heteroatoms. The van der Waals surface area contributed by atoms with E-state index in [1.165, 1.54) is 0 Å². The molecule has 1 atom stereocenters. The van der Waals surface area contributed by atoms with Gasteiger partial charge in [0.1, 0.15) is 0 Å². The molecule has 0 aromatic rings. The molecule has 90 valence electrons. The average Bonchev–Trinajstić information content (AvgIpc) is 2.15. The molecule has 1 N–H and O–H groups in total. The largest absolute Gasteiger partial charge is 0.311 e. The number of nitrogens with zero attached hydrogens (tertiary/aromatic N) is 1. The molecule has 0 saturated carbocycles. The quantitative estimate of drug-likeness (QED) is 0.774. The molecule has 0 radical (unpaired) electrons. The van der Waals surface area contributed by atoms with Gasteiger partial charge in [-0.05, 0) is 26.2 Å². The predicted octanol–water partition coefficient (Wildman–Crippen LogP) is 2.05. The topological polar surface area (TPSA) is 15.3 Å². The van der Waals surface area contributed by atoms with Crippen LogP contribution in [-0.4, -0.2) is 42.8 Å². The minimum atomic E-state index is -0.202. The minimum Gasteiger partial charge on any atom is -0.311 e. The Morgan fingerprint density at radius 2 is 2.13 bits per heavy atom. The molecule has 1 heterocycles. The van der Waals surface area contributed by atoms with Gasteiger partial charge < -0.3 is 5.32 Å². The van der Waals surface area contributed by atoms with E-state index in [2.05, 4.69) is 37.9 Å². The maximum absolute atomic E-state index is 12.2. The highest BCUT2D eigenvalue weighted by atomic mass is 19.1. The maximum Gasteiger partial charge on any atom is 0.0906 e. The summed E-state index contributed by atoms with van der Waals surface area (Å²) < 4.78 is 12.2. The van der Waals surface area contributed by atoms with Crippen molar-refractivity contribution in [2.45, 2.75) is 45.7 Å². The van der Waals surface area contributed by atoms with Gasteiger partial charge in [0, 0.05) is 31.2 Å². The van der Waals surface area contributed by atoms with Crippen LogP contribution in [0.2, 0.25) is 0 Å². The molecular formula is C12H25FN2. The fraction of sp³-hybridized carbons (Fsp3) is 1.00. The molecule has 1 rings (SSSR count). The van der Waals surface area contributed by atoms with Gasteiger partial charge in [0.2, 0.25) is 0 Å². The van der Waals surface area contributed by atoms with Crippen LogP contribution in [0.4, 0.5) is 4.39 Å². The second kappa shape index (κ2) is 5.26. The lowest BCUT2D eigenvalue weighted by atomic mass is 9.93. The Morgan fingerprint density at radius 1 is 1.47 bits per heavy atom. The van der Waals surface area contributed by atoms with Gasteiger partial charge in [-0.2, -0.15) is 0 Å². The van der Waals surface area contributed by atoms with Gasteiger partial charge in [0.05, 0.1) is 6.67 Å². The van der Waals surface area contributed by atoms with Crippen molar-refractivity contribution in [1.29, 1.82) is 0 Å². The molecule has 15 heavy (non-hydrogen) atoms. The van der Waals surface area contributed by atoms with Gasteiger partial charge in [0.15, 0.2) is 0 Å². The Balaban J connectivity index is 2.54. The summed E-state index contributed by atoms with van der Waals surface area (Å²) in [4.78, 5) is 2.42. The number of hydrogen-bond donors (Lipinski definition) is 1. The standard InChI is InChI=1S/C12H25FN2/c1-10(2)11-8-15(7-5-6-13)12(3,4)9-14-11/h10-11,14H,5-9H2,1-4H3. The molecule has 0 spiro atoms. The molecule has 0 amide bonds. The average molecular weight is 216 g/mol. The van der Waals surface area contributed by atoms with Crippen LogP contribution < -0.4 is 5.32 Å². The number of alkyl halides is 1. The lowest BCUT2D eigenvalue weighted by Gasteiger charge is -2.47. The number of rotatable bonds is 4. The van der Waals surface area contributed by atoms with Crippen molar-refractivity contribution in [2.24, 2.45) is 5.92 Å². The molecule has 1 fully saturated rings. The zero-order valence-electron chi connectivity index (χ0n) is 10.5. The zero-order valence-corrected chi connectivity index (χ0v) is 10.5. The van der Waals surface area contributed by atoms with Gasteiger partial charge in [0.25, 0.3) is 0 Å². The Bertz CT molecular complexity index is 192. The Morgan fingerprint density at radius 3 is 2.67 bits per heavy atom. The van der Waals surface area contributed by atoms with E-state index in [0.717, 1.165) is 19.6 Å². The third kappa shape index (κ3) is 3.42. The van der Waals surface area contributed by atoms with E-state index in [0.29, 0.717) is 18.4 Å². The smallest absolute Gasteiger partial charge is 0.0906 e. The summed E-state index contributed by atoms with van der Waals surface area (Å²) in [7, 11) is 0. The van der Waals surface area contributed by atoms with E-state index in [1.54, 1.807) is 0 Å². The van der Waals surface area contributed by atoms with Crippen molar-refractivity contribution in [3.05, 3.63) is 0 Å². The first-order valence-corrected chi connectivity index (χ1v) is 6.02. The number of piperazine rings is 1. The second-order valence-corrected chi connectivity index (χ2v) is 5.53. The lowest BCUT2D eigenvalue weighted by Crippen LogP contribution is -2.63. The van der Waals surface area contributed by atoms with Crippen LogP contribution in [0.3, 0.4) is 0 Å². The van der Waals surface area contributed by atoms with Crippen LogP contribution in [-0.2, 0) is 0 Å². The summed E-state index contributed by atoms with van der Waals surface area (Å²) in [5.74, 6) is 0.647. The molecule has 1 aliphatic heterocycles. The maximum atomic E-state index is 12.2. The Kier molecular flexibility index (Phi) is 4.53. The van der Waals surface area contributed by atoms with E-state index in [-0.39, 0.29) is 12.2 Å². The predicted molar refractivity (Wildman–Crippen MR) is 62.9 cm³/mol. The second-order valence-electron chi connectivity index (χ2n) is 5.53. The van der Waals surface area contributed by atoms with Crippen LogP contribution >= 0.6 is 0 Å². The normalized spacial score (nSPS) is 27.2. The highest BCUT2D eigenvalue weighted by molar-refractivity contribution is 4.93. The van der Waals surface area contributed by atoms with E-state index < -0.39 is 0 Å². The van der Waals surface area contributed by atoms with E-state index in [1.807, 2.05) is 0 Å². The third-order valence-corrected chi connectivity index (χ3v) is 3.44. The molecule has 0 aliphatic carbocycles. The highest BCUT2D eigenvalue weighted by Crippen LogP contribution is 2.21. The highest BCUT2D eigenvalue weighted by Gasteiger charge is 2.34. The van der Waals surface area contributed by atoms with Gasteiger partial charge in [-0.15, -0.1) is 0 Å². The van der Waals surface area contributed by atoms with Crippen molar-refractivity contribution in [3.8, 4) is 0 Å². The first-order valence-electron chi connectivity index (χ1n) is 6.02. The number of hydrogen-bond acceptors (Lipinski definition) is 2. The molecular weight excluding hydrogens is 191 g/mol. The van der Waals surface area contributed by atoms with Crippen LogP contribution in [0.15, 0.2) is 0 Å². The van der Waals surface area contributed by atoms with Crippen molar-refractivity contribution < 1.29 is 4.39 Å². The summed E-state index contributed by atoms with van der Waals surface area (Å²) in [5.41, 5.74) is 0.167. The summed E-state index contributed by atoms with van der Waals surface area (Å²) in [6, 6.07) is 0.553. The van der Waals surface area contributed by atoms with Crippen LogP contribution in [0.1, 0.15) is 34.1 Å². The Hall–Kier alpha value is -0.150.